The highest BCUT2D eigenvalue weighted by Gasteiger charge is 2.26. The van der Waals surface area contributed by atoms with Crippen molar-refractivity contribution in [3.63, 3.8) is 0 Å². The van der Waals surface area contributed by atoms with Crippen molar-refractivity contribution in [3.8, 4) is 0 Å². The zero-order valence-electron chi connectivity index (χ0n) is 30.5. The number of allylic oxidation sites excluding steroid dienone is 9. The second-order valence-corrected chi connectivity index (χ2v) is 13.9. The maximum absolute atomic E-state index is 12.7. The first-order chi connectivity index (χ1) is 23.4. The van der Waals surface area contributed by atoms with Gasteiger partial charge < -0.3 is 21.1 Å². The average molecular weight is 695 g/mol. The number of nitrogens with one attached hydrogen (secondary N) is 1. The summed E-state index contributed by atoms with van der Waals surface area (Å²) in [5.74, 6) is -0.222. The number of amides is 1. The van der Waals surface area contributed by atoms with Crippen LogP contribution < -0.4 is 11.1 Å². The molecule has 0 aliphatic heterocycles. The molecule has 0 aromatic heterocycles. The first kappa shape index (κ1) is 46.2. The number of hydrogen-bond acceptors (Lipinski definition) is 6. The van der Waals surface area contributed by atoms with Crippen LogP contribution in [0.3, 0.4) is 0 Å². The zero-order valence-corrected chi connectivity index (χ0v) is 31.3. The second-order valence-electron chi connectivity index (χ2n) is 12.4. The summed E-state index contributed by atoms with van der Waals surface area (Å²) in [4.78, 5) is 22.6. The zero-order chi connectivity index (χ0) is 35.4. The molecule has 278 valence electrons. The monoisotopic (exact) mass is 695 g/mol. The molecule has 0 aliphatic carbocycles. The lowest BCUT2D eigenvalue weighted by molar-refractivity contribution is -0.123. The van der Waals surface area contributed by atoms with Gasteiger partial charge in [0.2, 0.25) is 5.91 Å². The number of aliphatic hydroxyl groups excluding tert-OH is 1. The lowest BCUT2D eigenvalue weighted by atomic mass is 10.1. The Kier molecular flexibility index (Phi) is 33.7. The van der Waals surface area contributed by atoms with Gasteiger partial charge in [-0.2, -0.15) is 0 Å². The third-order valence-corrected chi connectivity index (χ3v) is 8.76. The number of nitrogens with two attached hydrogens (primary N) is 1. The minimum atomic E-state index is -4.35. The standard InChI is InChI=1S/C39H71N2O6P/c1-3-5-7-9-11-13-15-16-17-18-19-20-21-23-25-27-29-31-33-39(43)41-37(36-47-48(44,45)46-35-34-40)38(42)32-30-28-26-24-22-14-12-10-8-6-4-2/h8,10,13,15,17-18,22,24,30,32,37-38,42H,3-7,9,11-12,14,16,19-21,23,25-29,31,33-36,40H2,1-2H3,(H,41,43)(H,44,45)/b10-8+,15-13-,18-17-,24-22+,32-30+. The highest BCUT2D eigenvalue weighted by Crippen LogP contribution is 2.43. The first-order valence-electron chi connectivity index (χ1n) is 18.9. The van der Waals surface area contributed by atoms with E-state index < -0.39 is 20.0 Å². The molecule has 0 aromatic carbocycles. The number of hydrogen-bond donors (Lipinski definition) is 4. The van der Waals surface area contributed by atoms with Crippen LogP contribution in [0.5, 0.6) is 0 Å². The summed E-state index contributed by atoms with van der Waals surface area (Å²) in [6.45, 7) is 3.98. The quantitative estimate of drug-likeness (QED) is 0.0300. The molecule has 3 unspecified atom stereocenters. The number of unbranched alkanes of at least 4 members (excludes halogenated alkanes) is 14. The van der Waals surface area contributed by atoms with Crippen molar-refractivity contribution in [2.45, 2.75) is 161 Å². The fourth-order valence-corrected chi connectivity index (χ4v) is 5.66. The van der Waals surface area contributed by atoms with Crippen LogP contribution in [-0.2, 0) is 18.4 Å². The Morgan fingerprint density at radius 2 is 1.21 bits per heavy atom. The van der Waals surface area contributed by atoms with Gasteiger partial charge in [-0.3, -0.25) is 13.8 Å². The van der Waals surface area contributed by atoms with Gasteiger partial charge >= 0.3 is 7.82 Å². The van der Waals surface area contributed by atoms with Crippen LogP contribution in [0, 0.1) is 0 Å². The van der Waals surface area contributed by atoms with Gasteiger partial charge in [0.15, 0.2) is 0 Å². The molecular weight excluding hydrogens is 623 g/mol. The van der Waals surface area contributed by atoms with Crippen molar-refractivity contribution in [1.29, 1.82) is 0 Å². The summed E-state index contributed by atoms with van der Waals surface area (Å²) >= 11 is 0. The smallest absolute Gasteiger partial charge is 0.387 e. The molecule has 0 aromatic rings. The molecule has 8 nitrogen and oxygen atoms in total. The highest BCUT2D eigenvalue weighted by atomic mass is 31.2. The Morgan fingerprint density at radius 3 is 1.79 bits per heavy atom. The van der Waals surface area contributed by atoms with Gasteiger partial charge in [-0.15, -0.1) is 0 Å². The SMILES string of the molecule is CCC/C=C/CC/C=C/CC/C=C/C(O)C(COP(=O)(O)OCCN)NC(=O)CCCCCCCCC/C=C\C/C=C\CCCCCC. The molecule has 0 heterocycles. The molecule has 3 atom stereocenters. The van der Waals surface area contributed by atoms with E-state index in [2.05, 4.69) is 67.8 Å². The van der Waals surface area contributed by atoms with E-state index in [1.807, 2.05) is 6.08 Å². The van der Waals surface area contributed by atoms with Crippen molar-refractivity contribution >= 4 is 13.7 Å². The minimum Gasteiger partial charge on any atom is -0.387 e. The van der Waals surface area contributed by atoms with E-state index in [-0.39, 0.29) is 25.7 Å². The average Bonchev–Trinajstić information content (AvgIpc) is 3.07. The van der Waals surface area contributed by atoms with E-state index in [0.29, 0.717) is 6.42 Å². The first-order valence-corrected chi connectivity index (χ1v) is 20.4. The molecule has 0 rings (SSSR count). The van der Waals surface area contributed by atoms with E-state index >= 15 is 0 Å². The van der Waals surface area contributed by atoms with Crippen LogP contribution in [-0.4, -0.2) is 47.8 Å². The third-order valence-electron chi connectivity index (χ3n) is 7.77. The lowest BCUT2D eigenvalue weighted by Gasteiger charge is -2.23. The summed E-state index contributed by atoms with van der Waals surface area (Å²) in [5.41, 5.74) is 5.34. The van der Waals surface area contributed by atoms with Crippen LogP contribution in [0.4, 0.5) is 0 Å². The maximum atomic E-state index is 12.7. The third kappa shape index (κ3) is 32.7. The topological polar surface area (TPSA) is 131 Å². The predicted octanol–water partition coefficient (Wildman–Crippen LogP) is 9.94. The lowest BCUT2D eigenvalue weighted by Crippen LogP contribution is -2.45. The van der Waals surface area contributed by atoms with Crippen LogP contribution in [0.15, 0.2) is 60.8 Å². The Balaban J connectivity index is 4.33. The van der Waals surface area contributed by atoms with Gasteiger partial charge in [0.25, 0.3) is 0 Å². The maximum Gasteiger partial charge on any atom is 0.472 e. The van der Waals surface area contributed by atoms with Gasteiger partial charge in [-0.25, -0.2) is 4.57 Å². The normalized spacial score (nSPS) is 15.0. The molecule has 0 aliphatic rings. The fourth-order valence-electron chi connectivity index (χ4n) is 4.90. The number of carbonyl (C=O) groups excluding carboxylic acids is 1. The van der Waals surface area contributed by atoms with Gasteiger partial charge in [-0.05, 0) is 70.6 Å². The van der Waals surface area contributed by atoms with Gasteiger partial charge in [0.1, 0.15) is 0 Å². The molecule has 5 N–H and O–H groups in total. The van der Waals surface area contributed by atoms with E-state index in [4.69, 9.17) is 14.8 Å². The van der Waals surface area contributed by atoms with E-state index in [9.17, 15) is 19.4 Å². The molecule has 1 amide bonds. The second kappa shape index (κ2) is 35.0. The number of carbonyl (C=O) groups is 1. The number of rotatable bonds is 34. The van der Waals surface area contributed by atoms with Crippen LogP contribution in [0.2, 0.25) is 0 Å². The molecule has 0 spiro atoms. The van der Waals surface area contributed by atoms with Gasteiger partial charge in [0.05, 0.1) is 25.4 Å². The Bertz CT molecular complexity index is 933. The van der Waals surface area contributed by atoms with Gasteiger partial charge in [-0.1, -0.05) is 132 Å². The van der Waals surface area contributed by atoms with Crippen molar-refractivity contribution in [1.82, 2.24) is 5.32 Å². The molecule has 0 saturated heterocycles. The summed E-state index contributed by atoms with van der Waals surface area (Å²) in [6.07, 6.45) is 42.7. The number of phosphoric acid groups is 1. The van der Waals surface area contributed by atoms with E-state index in [1.54, 1.807) is 6.08 Å². The molecular formula is C39H71N2O6P. The Morgan fingerprint density at radius 1 is 0.688 bits per heavy atom. The summed E-state index contributed by atoms with van der Waals surface area (Å²) < 4.78 is 22.0. The largest absolute Gasteiger partial charge is 0.472 e. The molecule has 0 saturated carbocycles. The molecule has 0 radical (unpaired) electrons. The van der Waals surface area contributed by atoms with E-state index in [0.717, 1.165) is 70.6 Å². The summed E-state index contributed by atoms with van der Waals surface area (Å²) in [5, 5.41) is 13.5. The molecule has 0 bridgehead atoms. The molecule has 9 heteroatoms. The minimum absolute atomic E-state index is 0.0677. The summed E-state index contributed by atoms with van der Waals surface area (Å²) in [7, 11) is -4.35. The van der Waals surface area contributed by atoms with Crippen molar-refractivity contribution < 1.29 is 28.4 Å². The number of phosphoric ester groups is 1. The van der Waals surface area contributed by atoms with Crippen LogP contribution in [0.25, 0.3) is 0 Å². The summed E-state index contributed by atoms with van der Waals surface area (Å²) in [6, 6.07) is -0.887. The fraction of sp³-hybridized carbons (Fsp3) is 0.718. The van der Waals surface area contributed by atoms with Crippen LogP contribution >= 0.6 is 7.82 Å². The Labute approximate surface area is 294 Å². The number of aliphatic hydroxyl groups is 1. The Hall–Kier alpha value is -1.80. The molecule has 48 heavy (non-hydrogen) atoms. The van der Waals surface area contributed by atoms with Crippen LogP contribution in [0.1, 0.15) is 149 Å². The highest BCUT2D eigenvalue weighted by molar-refractivity contribution is 7.47. The predicted molar refractivity (Wildman–Crippen MR) is 203 cm³/mol. The van der Waals surface area contributed by atoms with Crippen molar-refractivity contribution in [3.05, 3.63) is 60.8 Å². The van der Waals surface area contributed by atoms with Crippen molar-refractivity contribution in [2.75, 3.05) is 19.8 Å². The molecule has 0 fully saturated rings. The van der Waals surface area contributed by atoms with Gasteiger partial charge in [0, 0.05) is 13.0 Å². The van der Waals surface area contributed by atoms with E-state index in [1.165, 1.54) is 57.8 Å². The van der Waals surface area contributed by atoms with Crippen molar-refractivity contribution in [2.24, 2.45) is 5.73 Å².